The van der Waals surface area contributed by atoms with E-state index in [0.29, 0.717) is 5.04 Å². The lowest BCUT2D eigenvalue weighted by Crippen LogP contribution is -2.35. The van der Waals surface area contributed by atoms with Crippen molar-refractivity contribution in [2.75, 3.05) is 0 Å². The van der Waals surface area contributed by atoms with Crippen LogP contribution in [0.4, 0.5) is 0 Å². The highest BCUT2D eigenvalue weighted by Gasteiger charge is 2.22. The first-order valence-electron chi connectivity index (χ1n) is 4.41. The van der Waals surface area contributed by atoms with Gasteiger partial charge in [0.05, 0.1) is 8.80 Å². The van der Waals surface area contributed by atoms with Gasteiger partial charge in [-0.1, -0.05) is 62.8 Å². The van der Waals surface area contributed by atoms with Gasteiger partial charge in [-0.2, -0.15) is 0 Å². The van der Waals surface area contributed by atoms with Crippen molar-refractivity contribution < 1.29 is 0 Å². The molecule has 0 aliphatic heterocycles. The Bertz CT molecular complexity index is 233. The highest BCUT2D eigenvalue weighted by atomic mass is 28.3. The van der Waals surface area contributed by atoms with Crippen molar-refractivity contribution in [1.82, 2.24) is 0 Å². The summed E-state index contributed by atoms with van der Waals surface area (Å²) in [4.78, 5) is 0. The van der Waals surface area contributed by atoms with Gasteiger partial charge in [-0.05, 0) is 5.04 Å². The third-order valence-corrected chi connectivity index (χ3v) is 5.78. The monoisotopic (exact) mass is 177 g/mol. The smallest absolute Gasteiger partial charge is 0.0665 e. The van der Waals surface area contributed by atoms with E-state index in [4.69, 9.17) is 0 Å². The number of hydrogen-bond donors (Lipinski definition) is 0. The first kappa shape index (κ1) is 9.52. The molecule has 1 rings (SSSR count). The lowest BCUT2D eigenvalue weighted by molar-refractivity contribution is 0.746. The molecule has 0 atom stereocenters. The maximum absolute atomic E-state index is 2.39. The zero-order chi connectivity index (χ0) is 9.19. The standard InChI is InChI=1S/C11H17Si/c1-11(2,3)12(4)10-8-6-5-7-9-10/h5-9H,1-4H3. The van der Waals surface area contributed by atoms with Crippen molar-refractivity contribution in [2.24, 2.45) is 0 Å². The highest BCUT2D eigenvalue weighted by molar-refractivity contribution is 6.74. The average Bonchev–Trinajstić information content (AvgIpc) is 2.03. The van der Waals surface area contributed by atoms with Gasteiger partial charge in [-0.15, -0.1) is 0 Å². The second-order valence-corrected chi connectivity index (χ2v) is 7.57. The highest BCUT2D eigenvalue weighted by Crippen LogP contribution is 2.26. The SMILES string of the molecule is C[Si](c1ccccc1)C(C)(C)C. The summed E-state index contributed by atoms with van der Waals surface area (Å²) < 4.78 is 0. The molecule has 1 radical (unpaired) electrons. The van der Waals surface area contributed by atoms with E-state index in [2.05, 4.69) is 57.7 Å². The zero-order valence-corrected chi connectivity index (χ0v) is 9.39. The first-order valence-corrected chi connectivity index (χ1v) is 6.41. The molecule has 1 aromatic rings. The molecule has 0 N–H and O–H groups in total. The van der Waals surface area contributed by atoms with Crippen LogP contribution >= 0.6 is 0 Å². The third-order valence-electron chi connectivity index (χ3n) is 2.33. The van der Waals surface area contributed by atoms with Crippen LogP contribution in [0, 0.1) is 0 Å². The van der Waals surface area contributed by atoms with Gasteiger partial charge in [0, 0.05) is 0 Å². The molecule has 0 fully saturated rings. The van der Waals surface area contributed by atoms with Gasteiger partial charge in [0.1, 0.15) is 0 Å². The second kappa shape index (κ2) is 3.44. The lowest BCUT2D eigenvalue weighted by atomic mass is 10.2. The molecule has 65 valence electrons. The second-order valence-electron chi connectivity index (χ2n) is 4.24. The Morgan fingerprint density at radius 1 is 1.00 bits per heavy atom. The van der Waals surface area contributed by atoms with Gasteiger partial charge >= 0.3 is 0 Å². The van der Waals surface area contributed by atoms with Crippen molar-refractivity contribution in [1.29, 1.82) is 0 Å². The van der Waals surface area contributed by atoms with Gasteiger partial charge in [0.2, 0.25) is 0 Å². The molecular weight excluding hydrogens is 160 g/mol. The van der Waals surface area contributed by atoms with Gasteiger partial charge in [0.15, 0.2) is 0 Å². The van der Waals surface area contributed by atoms with Gasteiger partial charge in [-0.25, -0.2) is 0 Å². The first-order chi connectivity index (χ1) is 5.52. The van der Waals surface area contributed by atoms with E-state index < -0.39 is 0 Å². The molecule has 1 aromatic carbocycles. The van der Waals surface area contributed by atoms with Crippen LogP contribution in [0.3, 0.4) is 0 Å². The van der Waals surface area contributed by atoms with E-state index in [1.54, 1.807) is 0 Å². The lowest BCUT2D eigenvalue weighted by Gasteiger charge is -2.25. The Kier molecular flexibility index (Phi) is 2.73. The number of hydrogen-bond acceptors (Lipinski definition) is 0. The summed E-state index contributed by atoms with van der Waals surface area (Å²) in [5.74, 6) is 0. The fourth-order valence-corrected chi connectivity index (χ4v) is 2.68. The van der Waals surface area contributed by atoms with Crippen LogP contribution < -0.4 is 5.19 Å². The summed E-state index contributed by atoms with van der Waals surface area (Å²) in [7, 11) is -0.383. The van der Waals surface area contributed by atoms with E-state index >= 15 is 0 Å². The fraction of sp³-hybridized carbons (Fsp3) is 0.455. The topological polar surface area (TPSA) is 0 Å². The molecule has 0 unspecified atom stereocenters. The molecule has 0 aromatic heterocycles. The Morgan fingerprint density at radius 2 is 1.50 bits per heavy atom. The van der Waals surface area contributed by atoms with E-state index in [1.807, 2.05) is 0 Å². The molecule has 0 bridgehead atoms. The number of benzene rings is 1. The van der Waals surface area contributed by atoms with Crippen molar-refractivity contribution in [3.05, 3.63) is 30.3 Å². The minimum Gasteiger partial charge on any atom is -0.0665 e. The molecule has 0 aliphatic rings. The Labute approximate surface area is 77.2 Å². The predicted octanol–water partition coefficient (Wildman–Crippen LogP) is 2.82. The molecule has 0 saturated heterocycles. The van der Waals surface area contributed by atoms with Crippen molar-refractivity contribution >= 4 is 14.0 Å². The van der Waals surface area contributed by atoms with Crippen LogP contribution in [0.1, 0.15) is 20.8 Å². The fourth-order valence-electron chi connectivity index (χ4n) is 1.12. The van der Waals surface area contributed by atoms with Crippen LogP contribution in [0.2, 0.25) is 11.6 Å². The van der Waals surface area contributed by atoms with Crippen LogP contribution in [-0.4, -0.2) is 8.80 Å². The molecule has 0 spiro atoms. The van der Waals surface area contributed by atoms with Crippen molar-refractivity contribution in [3.8, 4) is 0 Å². The quantitative estimate of drug-likeness (QED) is 0.579. The Morgan fingerprint density at radius 3 is 1.92 bits per heavy atom. The van der Waals surface area contributed by atoms with E-state index in [0.717, 1.165) is 0 Å². The maximum atomic E-state index is 2.39. The summed E-state index contributed by atoms with van der Waals surface area (Å²) in [5.41, 5.74) is 0. The van der Waals surface area contributed by atoms with E-state index in [-0.39, 0.29) is 8.80 Å². The minimum absolute atomic E-state index is 0.383. The Balaban J connectivity index is 2.86. The molecular formula is C11H17Si. The normalized spacial score (nSPS) is 12.1. The van der Waals surface area contributed by atoms with Crippen molar-refractivity contribution in [3.63, 3.8) is 0 Å². The Hall–Kier alpha value is -0.563. The summed E-state index contributed by atoms with van der Waals surface area (Å²) in [6, 6.07) is 10.9. The summed E-state index contributed by atoms with van der Waals surface area (Å²) >= 11 is 0. The molecule has 12 heavy (non-hydrogen) atoms. The molecule has 0 amide bonds. The predicted molar refractivity (Wildman–Crippen MR) is 57.4 cm³/mol. The summed E-state index contributed by atoms with van der Waals surface area (Å²) in [6.07, 6.45) is 0. The molecule has 1 heteroatoms. The molecule has 0 nitrogen and oxygen atoms in total. The maximum Gasteiger partial charge on any atom is 0.0880 e. The van der Waals surface area contributed by atoms with Gasteiger partial charge < -0.3 is 0 Å². The number of rotatable bonds is 1. The van der Waals surface area contributed by atoms with E-state index in [1.165, 1.54) is 5.19 Å². The molecule has 0 heterocycles. The van der Waals surface area contributed by atoms with Crippen LogP contribution in [-0.2, 0) is 0 Å². The van der Waals surface area contributed by atoms with Crippen LogP contribution in [0.15, 0.2) is 30.3 Å². The van der Waals surface area contributed by atoms with E-state index in [9.17, 15) is 0 Å². The van der Waals surface area contributed by atoms with Gasteiger partial charge in [-0.3, -0.25) is 0 Å². The van der Waals surface area contributed by atoms with Crippen molar-refractivity contribution in [2.45, 2.75) is 32.4 Å². The molecule has 0 saturated carbocycles. The minimum atomic E-state index is -0.383. The molecule has 0 aliphatic carbocycles. The van der Waals surface area contributed by atoms with Gasteiger partial charge in [0.25, 0.3) is 0 Å². The summed E-state index contributed by atoms with van der Waals surface area (Å²) in [5, 5.41) is 2.00. The largest absolute Gasteiger partial charge is 0.0880 e. The van der Waals surface area contributed by atoms with Crippen LogP contribution in [0.25, 0.3) is 0 Å². The van der Waals surface area contributed by atoms with Crippen LogP contribution in [0.5, 0.6) is 0 Å². The summed E-state index contributed by atoms with van der Waals surface area (Å²) in [6.45, 7) is 9.37. The third kappa shape index (κ3) is 2.21. The average molecular weight is 177 g/mol. The zero-order valence-electron chi connectivity index (χ0n) is 8.39.